The van der Waals surface area contributed by atoms with Crippen molar-refractivity contribution in [1.82, 2.24) is 20.4 Å². The summed E-state index contributed by atoms with van der Waals surface area (Å²) in [7, 11) is 1.64. The lowest BCUT2D eigenvalue weighted by molar-refractivity contribution is -0.132. The van der Waals surface area contributed by atoms with E-state index in [1.54, 1.807) is 7.05 Å². The van der Waals surface area contributed by atoms with E-state index in [1.165, 1.54) is 12.8 Å². The van der Waals surface area contributed by atoms with Crippen LogP contribution in [0.2, 0.25) is 0 Å². The number of amides is 2. The zero-order chi connectivity index (χ0) is 13.0. The number of likely N-dealkylation sites (N-methyl/N-ethyl adjacent to an activating group) is 1. The number of piperazine rings is 1. The number of carbonyl (C=O) groups is 2. The summed E-state index contributed by atoms with van der Waals surface area (Å²) in [5, 5.41) is 5.85. The van der Waals surface area contributed by atoms with Crippen molar-refractivity contribution in [2.75, 3.05) is 46.3 Å². The van der Waals surface area contributed by atoms with Crippen molar-refractivity contribution in [3.8, 4) is 0 Å². The molecular weight excluding hydrogens is 232 g/mol. The van der Waals surface area contributed by atoms with Gasteiger partial charge in [-0.25, -0.2) is 0 Å². The number of rotatable bonds is 5. The molecule has 2 amide bonds. The number of carbonyl (C=O) groups excluding carboxylic acids is 2. The molecule has 2 rings (SSSR count). The summed E-state index contributed by atoms with van der Waals surface area (Å²) in [5.41, 5.74) is 0. The Hall–Kier alpha value is -1.14. The van der Waals surface area contributed by atoms with Gasteiger partial charge in [-0.1, -0.05) is 0 Å². The molecule has 6 nitrogen and oxygen atoms in total. The summed E-state index contributed by atoms with van der Waals surface area (Å²) in [5.74, 6) is 0.215. The van der Waals surface area contributed by atoms with Crippen molar-refractivity contribution in [2.24, 2.45) is 0 Å². The molecule has 0 bridgehead atoms. The van der Waals surface area contributed by atoms with Crippen LogP contribution in [-0.4, -0.2) is 74.0 Å². The Labute approximate surface area is 108 Å². The van der Waals surface area contributed by atoms with Gasteiger partial charge >= 0.3 is 0 Å². The SMILES string of the molecule is CNC(=O)CN1CCN(C(=O)CNC2CC2)CC1. The number of hydrogen-bond donors (Lipinski definition) is 2. The highest BCUT2D eigenvalue weighted by atomic mass is 16.2. The largest absolute Gasteiger partial charge is 0.358 e. The number of nitrogens with one attached hydrogen (secondary N) is 2. The van der Waals surface area contributed by atoms with Crippen LogP contribution in [0.5, 0.6) is 0 Å². The van der Waals surface area contributed by atoms with E-state index in [2.05, 4.69) is 15.5 Å². The van der Waals surface area contributed by atoms with E-state index < -0.39 is 0 Å². The predicted molar refractivity (Wildman–Crippen MR) is 68.1 cm³/mol. The summed E-state index contributed by atoms with van der Waals surface area (Å²) in [6, 6.07) is 0.573. The lowest BCUT2D eigenvalue weighted by atomic mass is 10.3. The minimum Gasteiger partial charge on any atom is -0.358 e. The fourth-order valence-corrected chi connectivity index (χ4v) is 2.07. The van der Waals surface area contributed by atoms with Crippen molar-refractivity contribution in [3.05, 3.63) is 0 Å². The van der Waals surface area contributed by atoms with Crippen molar-refractivity contribution in [3.63, 3.8) is 0 Å². The van der Waals surface area contributed by atoms with Crippen molar-refractivity contribution >= 4 is 11.8 Å². The Bertz CT molecular complexity index is 309. The highest BCUT2D eigenvalue weighted by Gasteiger charge is 2.25. The second-order valence-corrected chi connectivity index (χ2v) is 4.99. The third-order valence-corrected chi connectivity index (χ3v) is 3.49. The molecule has 0 radical (unpaired) electrons. The van der Waals surface area contributed by atoms with Crippen LogP contribution in [0.15, 0.2) is 0 Å². The minimum atomic E-state index is 0.0326. The van der Waals surface area contributed by atoms with Gasteiger partial charge in [0.05, 0.1) is 13.1 Å². The highest BCUT2D eigenvalue weighted by Crippen LogP contribution is 2.18. The van der Waals surface area contributed by atoms with E-state index in [1.807, 2.05) is 4.90 Å². The molecule has 2 aliphatic rings. The van der Waals surface area contributed by atoms with Crippen LogP contribution in [0.3, 0.4) is 0 Å². The van der Waals surface area contributed by atoms with Crippen molar-refractivity contribution < 1.29 is 9.59 Å². The Kier molecular flexibility index (Phi) is 4.54. The molecule has 102 valence electrons. The molecule has 0 aromatic rings. The number of hydrogen-bond acceptors (Lipinski definition) is 4. The highest BCUT2D eigenvalue weighted by molar-refractivity contribution is 5.79. The molecule has 1 aliphatic carbocycles. The van der Waals surface area contributed by atoms with Crippen molar-refractivity contribution in [1.29, 1.82) is 0 Å². The van der Waals surface area contributed by atoms with Crippen LogP contribution >= 0.6 is 0 Å². The minimum absolute atomic E-state index is 0.0326. The van der Waals surface area contributed by atoms with Crippen LogP contribution in [0.25, 0.3) is 0 Å². The third-order valence-electron chi connectivity index (χ3n) is 3.49. The Morgan fingerprint density at radius 2 is 1.83 bits per heavy atom. The van der Waals surface area contributed by atoms with E-state index >= 15 is 0 Å². The second kappa shape index (κ2) is 6.15. The first kappa shape index (κ1) is 13.3. The Morgan fingerprint density at radius 1 is 1.17 bits per heavy atom. The van der Waals surface area contributed by atoms with E-state index in [0.717, 1.165) is 26.2 Å². The molecule has 1 saturated carbocycles. The van der Waals surface area contributed by atoms with Gasteiger partial charge in [-0.05, 0) is 12.8 Å². The molecule has 1 heterocycles. The smallest absolute Gasteiger partial charge is 0.236 e. The molecule has 2 fully saturated rings. The first-order chi connectivity index (χ1) is 8.69. The Balaban J connectivity index is 1.65. The summed E-state index contributed by atoms with van der Waals surface area (Å²) in [6.07, 6.45) is 2.40. The summed E-state index contributed by atoms with van der Waals surface area (Å²) >= 11 is 0. The van der Waals surface area contributed by atoms with Crippen LogP contribution in [0, 0.1) is 0 Å². The fraction of sp³-hybridized carbons (Fsp3) is 0.833. The molecule has 1 aliphatic heterocycles. The Morgan fingerprint density at radius 3 is 2.39 bits per heavy atom. The average Bonchev–Trinajstić information content (AvgIpc) is 3.20. The molecule has 0 aromatic heterocycles. The van der Waals surface area contributed by atoms with Gasteiger partial charge in [0.15, 0.2) is 0 Å². The van der Waals surface area contributed by atoms with Gasteiger partial charge in [0.25, 0.3) is 0 Å². The maximum Gasteiger partial charge on any atom is 0.236 e. The maximum absolute atomic E-state index is 11.9. The first-order valence-electron chi connectivity index (χ1n) is 6.63. The molecule has 0 atom stereocenters. The number of nitrogens with zero attached hydrogens (tertiary/aromatic N) is 2. The van der Waals surface area contributed by atoms with Gasteiger partial charge < -0.3 is 15.5 Å². The summed E-state index contributed by atoms with van der Waals surface area (Å²) in [4.78, 5) is 27.1. The topological polar surface area (TPSA) is 64.7 Å². The maximum atomic E-state index is 11.9. The lowest BCUT2D eigenvalue weighted by Crippen LogP contribution is -2.52. The normalized spacial score (nSPS) is 20.8. The van der Waals surface area contributed by atoms with E-state index in [9.17, 15) is 9.59 Å². The third kappa shape index (κ3) is 3.96. The van der Waals surface area contributed by atoms with Crippen LogP contribution < -0.4 is 10.6 Å². The van der Waals surface area contributed by atoms with Crippen LogP contribution in [0.1, 0.15) is 12.8 Å². The fourth-order valence-electron chi connectivity index (χ4n) is 2.07. The van der Waals surface area contributed by atoms with Gasteiger partial charge in [-0.15, -0.1) is 0 Å². The molecule has 0 spiro atoms. The molecule has 0 unspecified atom stereocenters. The molecule has 1 saturated heterocycles. The quantitative estimate of drug-likeness (QED) is 0.635. The standard InChI is InChI=1S/C12H22N4O2/c1-13-11(17)9-15-4-6-16(7-5-15)12(18)8-14-10-2-3-10/h10,14H,2-9H2,1H3,(H,13,17). The van der Waals surface area contributed by atoms with Gasteiger partial charge in [-0.2, -0.15) is 0 Å². The molecule has 6 heteroatoms. The zero-order valence-electron chi connectivity index (χ0n) is 10.9. The summed E-state index contributed by atoms with van der Waals surface area (Å²) in [6.45, 7) is 3.90. The molecule has 0 aromatic carbocycles. The first-order valence-corrected chi connectivity index (χ1v) is 6.63. The van der Waals surface area contributed by atoms with Gasteiger partial charge in [0.1, 0.15) is 0 Å². The van der Waals surface area contributed by atoms with Crippen LogP contribution in [0.4, 0.5) is 0 Å². The zero-order valence-corrected chi connectivity index (χ0v) is 10.9. The van der Waals surface area contributed by atoms with E-state index in [4.69, 9.17) is 0 Å². The van der Waals surface area contributed by atoms with E-state index in [-0.39, 0.29) is 11.8 Å². The molecule has 18 heavy (non-hydrogen) atoms. The second-order valence-electron chi connectivity index (χ2n) is 4.99. The monoisotopic (exact) mass is 254 g/mol. The molecular formula is C12H22N4O2. The van der Waals surface area contributed by atoms with Crippen molar-refractivity contribution in [2.45, 2.75) is 18.9 Å². The van der Waals surface area contributed by atoms with Gasteiger partial charge in [0, 0.05) is 39.3 Å². The van der Waals surface area contributed by atoms with Gasteiger partial charge in [-0.3, -0.25) is 14.5 Å². The summed E-state index contributed by atoms with van der Waals surface area (Å²) < 4.78 is 0. The van der Waals surface area contributed by atoms with Gasteiger partial charge in [0.2, 0.25) is 11.8 Å². The average molecular weight is 254 g/mol. The molecule has 2 N–H and O–H groups in total. The lowest BCUT2D eigenvalue weighted by Gasteiger charge is -2.34. The van der Waals surface area contributed by atoms with Crippen LogP contribution in [-0.2, 0) is 9.59 Å². The van der Waals surface area contributed by atoms with E-state index in [0.29, 0.717) is 19.1 Å². The predicted octanol–water partition coefficient (Wildman–Crippen LogP) is -1.37.